The van der Waals surface area contributed by atoms with E-state index in [1.807, 2.05) is 18.2 Å². The van der Waals surface area contributed by atoms with Crippen LogP contribution in [0.5, 0.6) is 5.75 Å². The molecule has 1 saturated heterocycles. The number of hydrogen-bond acceptors (Lipinski definition) is 3. The second-order valence-corrected chi connectivity index (χ2v) is 5.97. The van der Waals surface area contributed by atoms with Crippen LogP contribution in [-0.4, -0.2) is 19.8 Å². The van der Waals surface area contributed by atoms with E-state index >= 15 is 0 Å². The molecular weight excluding hydrogens is 306 g/mol. The summed E-state index contributed by atoms with van der Waals surface area (Å²) in [5.74, 6) is 0.860. The largest absolute Gasteiger partial charge is 0.496 e. The maximum absolute atomic E-state index is 6.27. The molecular formula is C15H22BrNO2. The molecule has 2 atom stereocenters. The van der Waals surface area contributed by atoms with Gasteiger partial charge in [0.15, 0.2) is 0 Å². The van der Waals surface area contributed by atoms with Crippen molar-refractivity contribution in [1.29, 1.82) is 0 Å². The predicted octanol–water partition coefficient (Wildman–Crippen LogP) is 3.81. The Balaban J connectivity index is 1.86. The van der Waals surface area contributed by atoms with Gasteiger partial charge in [0, 0.05) is 22.7 Å². The molecule has 0 amide bonds. The molecule has 0 saturated carbocycles. The molecule has 1 heterocycles. The van der Waals surface area contributed by atoms with E-state index in [0.29, 0.717) is 6.10 Å². The van der Waals surface area contributed by atoms with Crippen LogP contribution >= 0.6 is 15.9 Å². The fraction of sp³-hybridized carbons (Fsp3) is 0.600. The Morgan fingerprint density at radius 1 is 1.53 bits per heavy atom. The number of methoxy groups -OCH3 is 1. The average Bonchev–Trinajstić information content (AvgIpc) is 2.91. The quantitative estimate of drug-likeness (QED) is 0.864. The van der Waals surface area contributed by atoms with E-state index in [9.17, 15) is 0 Å². The summed E-state index contributed by atoms with van der Waals surface area (Å²) in [6.45, 7) is 0.928. The number of hydrogen-bond donors (Lipinski definition) is 1. The zero-order chi connectivity index (χ0) is 13.7. The Morgan fingerprint density at radius 3 is 3.05 bits per heavy atom. The molecule has 0 aromatic heterocycles. The molecule has 106 valence electrons. The number of halogens is 1. The van der Waals surface area contributed by atoms with E-state index in [4.69, 9.17) is 15.2 Å². The normalized spacial score (nSPS) is 20.5. The Hall–Kier alpha value is -0.580. The third kappa shape index (κ3) is 4.20. The van der Waals surface area contributed by atoms with Gasteiger partial charge in [-0.05, 0) is 44.2 Å². The van der Waals surface area contributed by atoms with Gasteiger partial charge in [0.2, 0.25) is 0 Å². The van der Waals surface area contributed by atoms with Crippen LogP contribution in [0.3, 0.4) is 0 Å². The van der Waals surface area contributed by atoms with Crippen LogP contribution in [0, 0.1) is 0 Å². The highest BCUT2D eigenvalue weighted by atomic mass is 79.9. The van der Waals surface area contributed by atoms with Gasteiger partial charge in [0.05, 0.1) is 13.2 Å². The van der Waals surface area contributed by atoms with Crippen molar-refractivity contribution in [3.8, 4) is 5.75 Å². The molecule has 2 N–H and O–H groups in total. The van der Waals surface area contributed by atoms with Crippen molar-refractivity contribution in [3.05, 3.63) is 28.2 Å². The molecule has 1 aromatic rings. The minimum Gasteiger partial charge on any atom is -0.496 e. The smallest absolute Gasteiger partial charge is 0.124 e. The fourth-order valence-corrected chi connectivity index (χ4v) is 2.92. The molecule has 0 spiro atoms. The van der Waals surface area contributed by atoms with Crippen LogP contribution in [0.25, 0.3) is 0 Å². The molecule has 0 aliphatic carbocycles. The lowest BCUT2D eigenvalue weighted by Gasteiger charge is -2.17. The first-order valence-electron chi connectivity index (χ1n) is 6.91. The number of ether oxygens (including phenoxy) is 2. The third-order valence-electron chi connectivity index (χ3n) is 3.66. The van der Waals surface area contributed by atoms with Gasteiger partial charge >= 0.3 is 0 Å². The maximum atomic E-state index is 6.27. The number of rotatable bonds is 6. The molecule has 2 unspecified atom stereocenters. The highest BCUT2D eigenvalue weighted by Gasteiger charge is 2.17. The summed E-state index contributed by atoms with van der Waals surface area (Å²) in [6, 6.07) is 6.05. The zero-order valence-corrected chi connectivity index (χ0v) is 13.0. The summed E-state index contributed by atoms with van der Waals surface area (Å²) in [5, 5.41) is 0. The molecule has 3 nitrogen and oxygen atoms in total. The second kappa shape index (κ2) is 7.27. The fourth-order valence-electron chi connectivity index (χ4n) is 2.58. The lowest BCUT2D eigenvalue weighted by Crippen LogP contribution is -2.13. The summed E-state index contributed by atoms with van der Waals surface area (Å²) in [7, 11) is 1.68. The molecule has 2 rings (SSSR count). The summed E-state index contributed by atoms with van der Waals surface area (Å²) in [4.78, 5) is 0. The molecule has 1 aliphatic rings. The second-order valence-electron chi connectivity index (χ2n) is 5.06. The summed E-state index contributed by atoms with van der Waals surface area (Å²) in [6.07, 6.45) is 6.06. The van der Waals surface area contributed by atoms with Crippen molar-refractivity contribution in [2.45, 2.75) is 44.2 Å². The molecule has 1 fully saturated rings. The van der Waals surface area contributed by atoms with Crippen LogP contribution in [0.15, 0.2) is 22.7 Å². The molecule has 0 bridgehead atoms. The van der Waals surface area contributed by atoms with Gasteiger partial charge in [-0.15, -0.1) is 0 Å². The van der Waals surface area contributed by atoms with Gasteiger partial charge in [0.25, 0.3) is 0 Å². The highest BCUT2D eigenvalue weighted by molar-refractivity contribution is 9.10. The van der Waals surface area contributed by atoms with Gasteiger partial charge in [0.1, 0.15) is 5.75 Å². The first-order valence-corrected chi connectivity index (χ1v) is 7.70. The van der Waals surface area contributed by atoms with E-state index < -0.39 is 0 Å². The van der Waals surface area contributed by atoms with Crippen LogP contribution in [0.2, 0.25) is 0 Å². The molecule has 19 heavy (non-hydrogen) atoms. The van der Waals surface area contributed by atoms with Crippen LogP contribution < -0.4 is 10.5 Å². The van der Waals surface area contributed by atoms with Gasteiger partial charge in [-0.2, -0.15) is 0 Å². The molecule has 1 aliphatic heterocycles. The summed E-state index contributed by atoms with van der Waals surface area (Å²) < 4.78 is 12.0. The van der Waals surface area contributed by atoms with Crippen LogP contribution in [-0.2, 0) is 4.74 Å². The molecule has 0 radical (unpaired) electrons. The van der Waals surface area contributed by atoms with Gasteiger partial charge in [-0.1, -0.05) is 22.0 Å². The van der Waals surface area contributed by atoms with Crippen molar-refractivity contribution in [3.63, 3.8) is 0 Å². The van der Waals surface area contributed by atoms with E-state index in [-0.39, 0.29) is 6.04 Å². The lowest BCUT2D eigenvalue weighted by atomic mass is 9.99. The van der Waals surface area contributed by atoms with Gasteiger partial charge < -0.3 is 15.2 Å². The summed E-state index contributed by atoms with van der Waals surface area (Å²) >= 11 is 3.45. The monoisotopic (exact) mass is 327 g/mol. The van der Waals surface area contributed by atoms with Crippen molar-refractivity contribution in [2.75, 3.05) is 13.7 Å². The summed E-state index contributed by atoms with van der Waals surface area (Å²) in [5.41, 5.74) is 7.35. The average molecular weight is 328 g/mol. The highest BCUT2D eigenvalue weighted by Crippen LogP contribution is 2.30. The number of benzene rings is 1. The van der Waals surface area contributed by atoms with E-state index in [1.165, 1.54) is 12.8 Å². The Morgan fingerprint density at radius 2 is 2.37 bits per heavy atom. The lowest BCUT2D eigenvalue weighted by molar-refractivity contribution is 0.101. The maximum Gasteiger partial charge on any atom is 0.124 e. The Bertz CT molecular complexity index is 405. The Kier molecular flexibility index (Phi) is 5.67. The molecule has 4 heteroatoms. The van der Waals surface area contributed by atoms with Crippen molar-refractivity contribution in [2.24, 2.45) is 5.73 Å². The van der Waals surface area contributed by atoms with E-state index in [2.05, 4.69) is 15.9 Å². The molecule has 1 aromatic carbocycles. The van der Waals surface area contributed by atoms with Crippen molar-refractivity contribution in [1.82, 2.24) is 0 Å². The van der Waals surface area contributed by atoms with E-state index in [1.54, 1.807) is 7.11 Å². The standard InChI is InChI=1S/C15H22BrNO2/c1-18-15-10-11(16)7-8-13(15)14(17)6-2-4-12-5-3-9-19-12/h7-8,10,12,14H,2-6,9,17H2,1H3. The van der Waals surface area contributed by atoms with Gasteiger partial charge in [-0.25, -0.2) is 0 Å². The zero-order valence-electron chi connectivity index (χ0n) is 11.4. The first-order chi connectivity index (χ1) is 9.20. The van der Waals surface area contributed by atoms with Gasteiger partial charge in [-0.3, -0.25) is 0 Å². The van der Waals surface area contributed by atoms with Crippen molar-refractivity contribution >= 4 is 15.9 Å². The van der Waals surface area contributed by atoms with Crippen LogP contribution in [0.4, 0.5) is 0 Å². The van der Waals surface area contributed by atoms with E-state index in [0.717, 1.165) is 41.7 Å². The number of nitrogens with two attached hydrogens (primary N) is 1. The SMILES string of the molecule is COc1cc(Br)ccc1C(N)CCCC1CCCO1. The minimum atomic E-state index is 0.0319. The van der Waals surface area contributed by atoms with Crippen LogP contribution in [0.1, 0.15) is 43.7 Å². The minimum absolute atomic E-state index is 0.0319. The predicted molar refractivity (Wildman–Crippen MR) is 80.4 cm³/mol. The first kappa shape index (κ1) is 14.8. The topological polar surface area (TPSA) is 44.5 Å². The van der Waals surface area contributed by atoms with Crippen molar-refractivity contribution < 1.29 is 9.47 Å². The third-order valence-corrected chi connectivity index (χ3v) is 4.15. The Labute approximate surface area is 123 Å².